The molecule has 2 rings (SSSR count). The second kappa shape index (κ2) is 5.83. The summed E-state index contributed by atoms with van der Waals surface area (Å²) in [6.07, 6.45) is 5.57. The highest BCUT2D eigenvalue weighted by Crippen LogP contribution is 2.18. The van der Waals surface area contributed by atoms with E-state index in [4.69, 9.17) is 4.74 Å². The third-order valence-corrected chi connectivity index (χ3v) is 3.80. The summed E-state index contributed by atoms with van der Waals surface area (Å²) in [5, 5.41) is 0. The Kier molecular flexibility index (Phi) is 4.42. The van der Waals surface area contributed by atoms with Crippen molar-refractivity contribution in [1.82, 2.24) is 9.80 Å². The minimum absolute atomic E-state index is 0.835. The lowest BCUT2D eigenvalue weighted by atomic mass is 10.00. The molecule has 0 bridgehead atoms. The fraction of sp³-hybridized carbons (Fsp3) is 1.00. The van der Waals surface area contributed by atoms with Crippen LogP contribution in [0.15, 0.2) is 0 Å². The monoisotopic (exact) mass is 212 g/mol. The van der Waals surface area contributed by atoms with Crippen molar-refractivity contribution in [2.24, 2.45) is 0 Å². The fourth-order valence-electron chi connectivity index (χ4n) is 2.67. The van der Waals surface area contributed by atoms with Gasteiger partial charge in [-0.3, -0.25) is 4.90 Å². The van der Waals surface area contributed by atoms with Gasteiger partial charge in [-0.25, -0.2) is 0 Å². The first kappa shape index (κ1) is 11.4. The van der Waals surface area contributed by atoms with E-state index in [0.29, 0.717) is 0 Å². The Bertz CT molecular complexity index is 180. The first-order chi connectivity index (χ1) is 7.36. The molecule has 2 aliphatic heterocycles. The molecule has 1 atom stereocenters. The van der Waals surface area contributed by atoms with Crippen molar-refractivity contribution < 1.29 is 4.74 Å². The number of nitrogens with zero attached hydrogens (tertiary/aromatic N) is 2. The first-order valence-corrected chi connectivity index (χ1v) is 6.36. The minimum atomic E-state index is 0.835. The number of ether oxygens (including phenoxy) is 1. The molecule has 0 radical (unpaired) electrons. The molecule has 15 heavy (non-hydrogen) atoms. The summed E-state index contributed by atoms with van der Waals surface area (Å²) in [5.74, 6) is 0. The van der Waals surface area contributed by atoms with E-state index in [1.54, 1.807) is 0 Å². The van der Waals surface area contributed by atoms with Gasteiger partial charge in [0.2, 0.25) is 0 Å². The second-order valence-corrected chi connectivity index (χ2v) is 4.87. The highest BCUT2D eigenvalue weighted by Gasteiger charge is 2.20. The Hall–Kier alpha value is -0.120. The summed E-state index contributed by atoms with van der Waals surface area (Å²) in [6, 6.07) is 0.835. The van der Waals surface area contributed by atoms with Gasteiger partial charge in [0.05, 0.1) is 13.2 Å². The van der Waals surface area contributed by atoms with Crippen molar-refractivity contribution in [2.75, 3.05) is 46.4 Å². The summed E-state index contributed by atoms with van der Waals surface area (Å²) >= 11 is 0. The Balaban J connectivity index is 1.67. The number of hydrogen-bond donors (Lipinski definition) is 0. The first-order valence-electron chi connectivity index (χ1n) is 6.36. The lowest BCUT2D eigenvalue weighted by Crippen LogP contribution is -2.42. The van der Waals surface area contributed by atoms with Crippen LogP contribution in [-0.2, 0) is 4.74 Å². The molecule has 3 heteroatoms. The Labute approximate surface area is 93.4 Å². The zero-order chi connectivity index (χ0) is 10.5. The van der Waals surface area contributed by atoms with Crippen LogP contribution in [0.25, 0.3) is 0 Å². The average molecular weight is 212 g/mol. The normalized spacial score (nSPS) is 30.6. The van der Waals surface area contributed by atoms with Crippen LogP contribution in [-0.4, -0.2) is 62.3 Å². The Morgan fingerprint density at radius 2 is 1.93 bits per heavy atom. The van der Waals surface area contributed by atoms with Crippen molar-refractivity contribution in [3.8, 4) is 0 Å². The van der Waals surface area contributed by atoms with Crippen molar-refractivity contribution in [3.63, 3.8) is 0 Å². The van der Waals surface area contributed by atoms with E-state index in [0.717, 1.165) is 32.3 Å². The maximum atomic E-state index is 5.36. The second-order valence-electron chi connectivity index (χ2n) is 4.87. The van der Waals surface area contributed by atoms with Crippen molar-refractivity contribution in [3.05, 3.63) is 0 Å². The molecule has 2 fully saturated rings. The molecule has 88 valence electrons. The van der Waals surface area contributed by atoms with Gasteiger partial charge in [-0.05, 0) is 39.4 Å². The van der Waals surface area contributed by atoms with Gasteiger partial charge in [-0.15, -0.1) is 0 Å². The molecule has 0 aromatic rings. The smallest absolute Gasteiger partial charge is 0.0594 e. The Morgan fingerprint density at radius 1 is 1.13 bits per heavy atom. The SMILES string of the molecule is CN1CCCCC1CCN1CCOCC1. The third kappa shape index (κ3) is 3.44. The molecule has 1 unspecified atom stereocenters. The molecular weight excluding hydrogens is 188 g/mol. The molecule has 2 aliphatic rings. The van der Waals surface area contributed by atoms with Crippen molar-refractivity contribution in [2.45, 2.75) is 31.7 Å². The van der Waals surface area contributed by atoms with Crippen LogP contribution in [0.3, 0.4) is 0 Å². The maximum Gasteiger partial charge on any atom is 0.0594 e. The predicted molar refractivity (Wildman–Crippen MR) is 62.1 cm³/mol. The van der Waals surface area contributed by atoms with Gasteiger partial charge < -0.3 is 9.64 Å². The molecule has 0 saturated carbocycles. The molecule has 0 aromatic carbocycles. The van der Waals surface area contributed by atoms with E-state index in [9.17, 15) is 0 Å². The lowest BCUT2D eigenvalue weighted by molar-refractivity contribution is 0.0322. The van der Waals surface area contributed by atoms with E-state index in [1.807, 2.05) is 0 Å². The summed E-state index contributed by atoms with van der Waals surface area (Å²) in [4.78, 5) is 5.09. The fourth-order valence-corrected chi connectivity index (χ4v) is 2.67. The molecule has 0 spiro atoms. The summed E-state index contributed by atoms with van der Waals surface area (Å²) in [5.41, 5.74) is 0. The Morgan fingerprint density at radius 3 is 2.67 bits per heavy atom. The van der Waals surface area contributed by atoms with E-state index >= 15 is 0 Å². The maximum absolute atomic E-state index is 5.36. The highest BCUT2D eigenvalue weighted by molar-refractivity contribution is 4.76. The van der Waals surface area contributed by atoms with Crippen LogP contribution in [0, 0.1) is 0 Å². The van der Waals surface area contributed by atoms with E-state index in [1.165, 1.54) is 38.8 Å². The van der Waals surface area contributed by atoms with Gasteiger partial charge in [-0.1, -0.05) is 6.42 Å². The van der Waals surface area contributed by atoms with Crippen LogP contribution < -0.4 is 0 Å². The van der Waals surface area contributed by atoms with Crippen molar-refractivity contribution in [1.29, 1.82) is 0 Å². The molecule has 2 heterocycles. The minimum Gasteiger partial charge on any atom is -0.379 e. The largest absolute Gasteiger partial charge is 0.379 e. The van der Waals surface area contributed by atoms with Crippen LogP contribution in [0.5, 0.6) is 0 Å². The number of hydrogen-bond acceptors (Lipinski definition) is 3. The van der Waals surface area contributed by atoms with Crippen LogP contribution in [0.2, 0.25) is 0 Å². The van der Waals surface area contributed by atoms with Crippen molar-refractivity contribution >= 4 is 0 Å². The standard InChI is InChI=1S/C12H24N2O/c1-13-6-3-2-4-12(13)5-7-14-8-10-15-11-9-14/h12H,2-11H2,1H3. The number of piperidine rings is 1. The molecule has 3 nitrogen and oxygen atoms in total. The molecule has 0 aliphatic carbocycles. The van der Waals surface area contributed by atoms with Gasteiger partial charge in [0.15, 0.2) is 0 Å². The van der Waals surface area contributed by atoms with Crippen LogP contribution in [0.4, 0.5) is 0 Å². The van der Waals surface area contributed by atoms with Gasteiger partial charge in [-0.2, -0.15) is 0 Å². The van der Waals surface area contributed by atoms with Crippen LogP contribution >= 0.6 is 0 Å². The number of likely N-dealkylation sites (tertiary alicyclic amines) is 1. The molecule has 0 N–H and O–H groups in total. The lowest BCUT2D eigenvalue weighted by Gasteiger charge is -2.35. The molecule has 0 aromatic heterocycles. The quantitative estimate of drug-likeness (QED) is 0.699. The van der Waals surface area contributed by atoms with Gasteiger partial charge >= 0.3 is 0 Å². The van der Waals surface area contributed by atoms with Gasteiger partial charge in [0, 0.05) is 19.1 Å². The predicted octanol–water partition coefficient (Wildman–Crippen LogP) is 1.19. The highest BCUT2D eigenvalue weighted by atomic mass is 16.5. The van der Waals surface area contributed by atoms with Gasteiger partial charge in [0.1, 0.15) is 0 Å². The van der Waals surface area contributed by atoms with E-state index < -0.39 is 0 Å². The van der Waals surface area contributed by atoms with Gasteiger partial charge in [0.25, 0.3) is 0 Å². The molecule has 0 amide bonds. The number of rotatable bonds is 3. The van der Waals surface area contributed by atoms with E-state index in [-0.39, 0.29) is 0 Å². The average Bonchev–Trinajstić information content (AvgIpc) is 2.29. The zero-order valence-corrected chi connectivity index (χ0v) is 9.95. The zero-order valence-electron chi connectivity index (χ0n) is 9.95. The summed E-state index contributed by atoms with van der Waals surface area (Å²) in [6.45, 7) is 6.69. The summed E-state index contributed by atoms with van der Waals surface area (Å²) < 4.78 is 5.36. The topological polar surface area (TPSA) is 15.7 Å². The molecular formula is C12H24N2O. The third-order valence-electron chi connectivity index (χ3n) is 3.80. The van der Waals surface area contributed by atoms with Crippen LogP contribution in [0.1, 0.15) is 25.7 Å². The summed E-state index contributed by atoms with van der Waals surface area (Å²) in [7, 11) is 2.28. The number of morpholine rings is 1. The molecule has 2 saturated heterocycles. The van der Waals surface area contributed by atoms with E-state index in [2.05, 4.69) is 16.8 Å².